The second-order valence-corrected chi connectivity index (χ2v) is 5.72. The zero-order valence-corrected chi connectivity index (χ0v) is 13.0. The van der Waals surface area contributed by atoms with Crippen LogP contribution < -0.4 is 9.80 Å². The van der Waals surface area contributed by atoms with E-state index in [0.29, 0.717) is 11.1 Å². The van der Waals surface area contributed by atoms with Gasteiger partial charge in [0.2, 0.25) is 0 Å². The summed E-state index contributed by atoms with van der Waals surface area (Å²) in [6.45, 7) is 3.07. The van der Waals surface area contributed by atoms with Crippen molar-refractivity contribution in [2.45, 2.75) is 13.8 Å². The molecule has 7 heteroatoms. The SMILES string of the molecule is CC1=CC(=O)N(c2cc(Cl)cc(N3C(=O)C=C(C)C3=O)c2)C1=O. The molecule has 6 nitrogen and oxygen atoms in total. The Kier molecular flexibility index (Phi) is 3.41. The number of hydrogen-bond donors (Lipinski definition) is 0. The highest BCUT2D eigenvalue weighted by atomic mass is 35.5. The van der Waals surface area contributed by atoms with Crippen molar-refractivity contribution < 1.29 is 19.2 Å². The molecule has 4 amide bonds. The number of carbonyl (C=O) groups is 4. The molecule has 0 bridgehead atoms. The minimum Gasteiger partial charge on any atom is -0.269 e. The van der Waals surface area contributed by atoms with Crippen LogP contribution in [0, 0.1) is 0 Å². The number of nitrogens with zero attached hydrogens (tertiary/aromatic N) is 2. The largest absolute Gasteiger partial charge is 0.269 e. The quantitative estimate of drug-likeness (QED) is 0.777. The first kappa shape index (κ1) is 15.2. The van der Waals surface area contributed by atoms with E-state index >= 15 is 0 Å². The highest BCUT2D eigenvalue weighted by Gasteiger charge is 2.33. The summed E-state index contributed by atoms with van der Waals surface area (Å²) in [4.78, 5) is 50.0. The molecule has 0 N–H and O–H groups in total. The third-order valence-corrected chi connectivity index (χ3v) is 3.80. The second-order valence-electron chi connectivity index (χ2n) is 5.28. The van der Waals surface area contributed by atoms with Crippen LogP contribution in [0.15, 0.2) is 41.5 Å². The number of benzene rings is 1. The first-order valence-electron chi connectivity index (χ1n) is 6.73. The monoisotopic (exact) mass is 330 g/mol. The summed E-state index contributed by atoms with van der Waals surface area (Å²) in [5, 5.41) is 0.202. The number of halogens is 1. The molecular formula is C16H11ClN2O4. The molecule has 0 atom stereocenters. The second kappa shape index (κ2) is 5.17. The van der Waals surface area contributed by atoms with E-state index in [-0.39, 0.29) is 16.4 Å². The van der Waals surface area contributed by atoms with Crippen LogP contribution in [0.2, 0.25) is 5.02 Å². The van der Waals surface area contributed by atoms with E-state index in [0.717, 1.165) is 9.80 Å². The number of amides is 4. The molecule has 0 radical (unpaired) electrons. The van der Waals surface area contributed by atoms with Crippen molar-refractivity contribution in [3.8, 4) is 0 Å². The lowest BCUT2D eigenvalue weighted by Gasteiger charge is -2.20. The molecule has 1 aromatic rings. The van der Waals surface area contributed by atoms with E-state index in [1.54, 1.807) is 0 Å². The van der Waals surface area contributed by atoms with Gasteiger partial charge in [-0.3, -0.25) is 19.2 Å². The van der Waals surface area contributed by atoms with Gasteiger partial charge in [0.1, 0.15) is 0 Å². The number of rotatable bonds is 2. The Bertz CT molecular complexity index is 787. The van der Waals surface area contributed by atoms with Crippen molar-refractivity contribution in [3.63, 3.8) is 0 Å². The Morgan fingerprint density at radius 2 is 1.13 bits per heavy atom. The van der Waals surface area contributed by atoms with Crippen LogP contribution in [0.4, 0.5) is 11.4 Å². The van der Waals surface area contributed by atoms with Crippen molar-refractivity contribution in [1.29, 1.82) is 0 Å². The highest BCUT2D eigenvalue weighted by Crippen LogP contribution is 2.32. The predicted molar refractivity (Wildman–Crippen MR) is 84.0 cm³/mol. The van der Waals surface area contributed by atoms with Crippen LogP contribution in [0.1, 0.15) is 13.8 Å². The maximum atomic E-state index is 12.1. The molecule has 0 spiro atoms. The van der Waals surface area contributed by atoms with Gasteiger partial charge in [0.25, 0.3) is 23.6 Å². The zero-order chi connectivity index (χ0) is 16.9. The van der Waals surface area contributed by atoms with Crippen LogP contribution in [0.5, 0.6) is 0 Å². The number of imide groups is 2. The maximum Gasteiger partial charge on any atom is 0.261 e. The molecule has 0 aromatic heterocycles. The molecule has 0 saturated heterocycles. The normalized spacial score (nSPS) is 18.0. The molecule has 0 saturated carbocycles. The Morgan fingerprint density at radius 1 is 0.739 bits per heavy atom. The number of hydrogen-bond acceptors (Lipinski definition) is 4. The Balaban J connectivity index is 2.05. The fraction of sp³-hybridized carbons (Fsp3) is 0.125. The third kappa shape index (κ3) is 2.37. The van der Waals surface area contributed by atoms with Crippen LogP contribution in [-0.2, 0) is 19.2 Å². The van der Waals surface area contributed by atoms with Gasteiger partial charge in [0.15, 0.2) is 0 Å². The minimum absolute atomic E-state index is 0.202. The fourth-order valence-corrected chi connectivity index (χ4v) is 2.71. The van der Waals surface area contributed by atoms with Crippen molar-refractivity contribution >= 4 is 46.6 Å². The summed E-state index contributed by atoms with van der Waals surface area (Å²) in [5.41, 5.74) is 1.03. The minimum atomic E-state index is -0.492. The highest BCUT2D eigenvalue weighted by molar-refractivity contribution is 6.35. The summed E-state index contributed by atoms with van der Waals surface area (Å²) in [6, 6.07) is 4.27. The Labute approximate surface area is 136 Å². The van der Waals surface area contributed by atoms with Gasteiger partial charge in [0, 0.05) is 28.3 Å². The smallest absolute Gasteiger partial charge is 0.261 e. The van der Waals surface area contributed by atoms with Crippen molar-refractivity contribution in [2.75, 3.05) is 9.80 Å². The zero-order valence-electron chi connectivity index (χ0n) is 12.3. The van der Waals surface area contributed by atoms with Gasteiger partial charge in [0.05, 0.1) is 11.4 Å². The van der Waals surface area contributed by atoms with E-state index in [2.05, 4.69) is 0 Å². The molecule has 0 aliphatic carbocycles. The molecule has 0 fully saturated rings. The molecule has 116 valence electrons. The molecule has 2 aliphatic rings. The lowest BCUT2D eigenvalue weighted by atomic mass is 10.2. The molecule has 23 heavy (non-hydrogen) atoms. The van der Waals surface area contributed by atoms with Gasteiger partial charge in [-0.2, -0.15) is 0 Å². The van der Waals surface area contributed by atoms with Gasteiger partial charge < -0.3 is 0 Å². The molecular weight excluding hydrogens is 320 g/mol. The summed E-state index contributed by atoms with van der Waals surface area (Å²) in [6.07, 6.45) is 2.45. The maximum absolute atomic E-state index is 12.1. The third-order valence-electron chi connectivity index (χ3n) is 3.59. The van der Waals surface area contributed by atoms with Gasteiger partial charge >= 0.3 is 0 Å². The Hall–Kier alpha value is -2.73. The first-order chi connectivity index (χ1) is 10.8. The average Bonchev–Trinajstić information content (AvgIpc) is 2.85. The van der Waals surface area contributed by atoms with Crippen LogP contribution >= 0.6 is 11.6 Å². The summed E-state index contributed by atoms with van der Waals surface area (Å²) in [7, 11) is 0. The van der Waals surface area contributed by atoms with E-state index < -0.39 is 23.6 Å². The standard InChI is InChI=1S/C16H11ClN2O4/c1-8-3-13(20)18(15(8)22)11-5-10(17)6-12(7-11)19-14(21)4-9(2)16(19)23/h3-7H,1-2H3. The van der Waals surface area contributed by atoms with Gasteiger partial charge in [-0.25, -0.2) is 9.80 Å². The topological polar surface area (TPSA) is 74.8 Å². The van der Waals surface area contributed by atoms with Gasteiger partial charge in [-0.15, -0.1) is 0 Å². The number of carbonyl (C=O) groups excluding carboxylic acids is 4. The van der Waals surface area contributed by atoms with Crippen LogP contribution in [0.3, 0.4) is 0 Å². The molecule has 2 heterocycles. The molecule has 3 rings (SSSR count). The average molecular weight is 331 g/mol. The predicted octanol–water partition coefficient (Wildman–Crippen LogP) is 1.98. The van der Waals surface area contributed by atoms with Crippen molar-refractivity contribution in [2.24, 2.45) is 0 Å². The molecule has 0 unspecified atom stereocenters. The Morgan fingerprint density at radius 3 is 1.43 bits per heavy atom. The van der Waals surface area contributed by atoms with E-state index in [9.17, 15) is 19.2 Å². The van der Waals surface area contributed by atoms with Crippen molar-refractivity contribution in [1.82, 2.24) is 0 Å². The lowest BCUT2D eigenvalue weighted by molar-refractivity contribution is -0.121. The van der Waals surface area contributed by atoms with Gasteiger partial charge in [-0.05, 0) is 32.0 Å². The van der Waals surface area contributed by atoms with E-state index in [1.807, 2.05) is 0 Å². The first-order valence-corrected chi connectivity index (χ1v) is 7.11. The van der Waals surface area contributed by atoms with E-state index in [4.69, 9.17) is 11.6 Å². The van der Waals surface area contributed by atoms with Crippen LogP contribution in [0.25, 0.3) is 0 Å². The fourth-order valence-electron chi connectivity index (χ4n) is 2.48. The molecule has 1 aromatic carbocycles. The van der Waals surface area contributed by atoms with Gasteiger partial charge in [-0.1, -0.05) is 11.6 Å². The summed E-state index contributed by atoms with van der Waals surface area (Å²) >= 11 is 6.04. The number of anilines is 2. The van der Waals surface area contributed by atoms with Crippen LogP contribution in [-0.4, -0.2) is 23.6 Å². The van der Waals surface area contributed by atoms with E-state index in [1.165, 1.54) is 44.2 Å². The summed E-state index contributed by atoms with van der Waals surface area (Å²) < 4.78 is 0. The lowest BCUT2D eigenvalue weighted by Crippen LogP contribution is -2.32. The molecule has 2 aliphatic heterocycles. The summed E-state index contributed by atoms with van der Waals surface area (Å²) in [5.74, 6) is -1.91. The van der Waals surface area contributed by atoms with Crippen molar-refractivity contribution in [3.05, 3.63) is 46.5 Å².